The molecule has 1 saturated carbocycles. The second kappa shape index (κ2) is 6.43. The van der Waals surface area contributed by atoms with Gasteiger partial charge in [0.15, 0.2) is 13.2 Å². The normalized spacial score (nSPS) is 13.7. The van der Waals surface area contributed by atoms with Gasteiger partial charge in [-0.15, -0.1) is 0 Å². The smallest absolute Gasteiger partial charge is 0.344 e. The van der Waals surface area contributed by atoms with Crippen LogP contribution in [0.4, 0.5) is 0 Å². The van der Waals surface area contributed by atoms with Gasteiger partial charge < -0.3 is 14.8 Å². The number of amides is 1. The fraction of sp³-hybridized carbons (Fsp3) is 0.385. The standard InChI is InChI=1S/C13H14ClNO4/c14-9-2-1-3-11(6-9)18-8-13(17)19-7-12(16)15-10-4-5-10/h1-3,6,10H,4-5,7-8H2,(H,15,16). The molecule has 0 unspecified atom stereocenters. The highest BCUT2D eigenvalue weighted by molar-refractivity contribution is 6.30. The number of carbonyl (C=O) groups excluding carboxylic acids is 2. The second-order valence-electron chi connectivity index (χ2n) is 4.25. The molecule has 1 aromatic carbocycles. The molecule has 0 aliphatic heterocycles. The maximum atomic E-state index is 11.3. The van der Waals surface area contributed by atoms with Gasteiger partial charge in [0.05, 0.1) is 0 Å². The maximum absolute atomic E-state index is 11.3. The Morgan fingerprint density at radius 2 is 2.11 bits per heavy atom. The average molecular weight is 284 g/mol. The zero-order chi connectivity index (χ0) is 13.7. The Balaban J connectivity index is 1.65. The summed E-state index contributed by atoms with van der Waals surface area (Å²) in [7, 11) is 0. The third-order valence-corrected chi connectivity index (χ3v) is 2.69. The quantitative estimate of drug-likeness (QED) is 0.805. The minimum Gasteiger partial charge on any atom is -0.482 e. The highest BCUT2D eigenvalue weighted by atomic mass is 35.5. The summed E-state index contributed by atoms with van der Waals surface area (Å²) in [6.07, 6.45) is 2.00. The summed E-state index contributed by atoms with van der Waals surface area (Å²) in [5.41, 5.74) is 0. The molecule has 0 aromatic heterocycles. The van der Waals surface area contributed by atoms with Crippen LogP contribution in [0.3, 0.4) is 0 Å². The number of nitrogens with one attached hydrogen (secondary N) is 1. The summed E-state index contributed by atoms with van der Waals surface area (Å²) >= 11 is 5.77. The first-order chi connectivity index (χ1) is 9.13. The number of ether oxygens (including phenoxy) is 2. The Bertz CT molecular complexity index is 473. The van der Waals surface area contributed by atoms with Gasteiger partial charge in [0.2, 0.25) is 0 Å². The molecule has 0 atom stereocenters. The number of halogens is 1. The predicted octanol–water partition coefficient (Wildman–Crippen LogP) is 1.54. The van der Waals surface area contributed by atoms with E-state index in [1.807, 2.05) is 0 Å². The van der Waals surface area contributed by atoms with Gasteiger partial charge >= 0.3 is 5.97 Å². The minimum atomic E-state index is -0.592. The van der Waals surface area contributed by atoms with Gasteiger partial charge in [0.1, 0.15) is 5.75 Å². The lowest BCUT2D eigenvalue weighted by molar-refractivity contribution is -0.150. The molecule has 1 aliphatic carbocycles. The van der Waals surface area contributed by atoms with Crippen LogP contribution in [0.15, 0.2) is 24.3 Å². The van der Waals surface area contributed by atoms with Crippen molar-refractivity contribution in [1.82, 2.24) is 5.32 Å². The van der Waals surface area contributed by atoms with E-state index in [2.05, 4.69) is 5.32 Å². The first-order valence-corrected chi connectivity index (χ1v) is 6.34. The van der Waals surface area contributed by atoms with Crippen LogP contribution in [0.2, 0.25) is 5.02 Å². The highest BCUT2D eigenvalue weighted by Crippen LogP contribution is 2.18. The maximum Gasteiger partial charge on any atom is 0.344 e. The fourth-order valence-corrected chi connectivity index (χ4v) is 1.56. The first-order valence-electron chi connectivity index (χ1n) is 5.97. The van der Waals surface area contributed by atoms with Gasteiger partial charge in [-0.3, -0.25) is 4.79 Å². The summed E-state index contributed by atoms with van der Waals surface area (Å²) in [5.74, 6) is -0.392. The van der Waals surface area contributed by atoms with E-state index in [1.165, 1.54) is 0 Å². The lowest BCUT2D eigenvalue weighted by Crippen LogP contribution is -2.31. The molecular weight excluding hydrogens is 270 g/mol. The third kappa shape index (κ3) is 5.18. The van der Waals surface area contributed by atoms with E-state index < -0.39 is 5.97 Å². The molecule has 6 heteroatoms. The van der Waals surface area contributed by atoms with E-state index in [1.54, 1.807) is 24.3 Å². The Kier molecular flexibility index (Phi) is 4.63. The van der Waals surface area contributed by atoms with Crippen molar-refractivity contribution in [2.75, 3.05) is 13.2 Å². The topological polar surface area (TPSA) is 64.6 Å². The van der Waals surface area contributed by atoms with Crippen LogP contribution >= 0.6 is 11.6 Å². The van der Waals surface area contributed by atoms with E-state index in [9.17, 15) is 9.59 Å². The van der Waals surface area contributed by atoms with E-state index in [4.69, 9.17) is 21.1 Å². The number of hydrogen-bond donors (Lipinski definition) is 1. The number of rotatable bonds is 6. The van der Waals surface area contributed by atoms with E-state index in [0.717, 1.165) is 12.8 Å². The van der Waals surface area contributed by atoms with Crippen molar-refractivity contribution in [2.24, 2.45) is 0 Å². The average Bonchev–Trinajstić information content (AvgIpc) is 3.18. The molecule has 0 heterocycles. The van der Waals surface area contributed by atoms with Crippen molar-refractivity contribution >= 4 is 23.5 Å². The third-order valence-electron chi connectivity index (χ3n) is 2.46. The molecular formula is C13H14ClNO4. The molecule has 1 N–H and O–H groups in total. The van der Waals surface area contributed by atoms with Gasteiger partial charge in [0.25, 0.3) is 5.91 Å². The van der Waals surface area contributed by atoms with Crippen molar-refractivity contribution in [2.45, 2.75) is 18.9 Å². The molecule has 1 fully saturated rings. The van der Waals surface area contributed by atoms with Crippen LogP contribution in [0, 0.1) is 0 Å². The van der Waals surface area contributed by atoms with Crippen LogP contribution in [0.5, 0.6) is 5.75 Å². The monoisotopic (exact) mass is 283 g/mol. The minimum absolute atomic E-state index is 0.253. The zero-order valence-electron chi connectivity index (χ0n) is 10.2. The van der Waals surface area contributed by atoms with E-state index >= 15 is 0 Å². The van der Waals surface area contributed by atoms with Gasteiger partial charge in [-0.1, -0.05) is 17.7 Å². The Morgan fingerprint density at radius 3 is 2.79 bits per heavy atom. The van der Waals surface area contributed by atoms with Gasteiger partial charge in [-0.2, -0.15) is 0 Å². The number of carbonyl (C=O) groups is 2. The SMILES string of the molecule is O=C(COC(=O)COc1cccc(Cl)c1)NC1CC1. The van der Waals surface area contributed by atoms with Gasteiger partial charge in [-0.25, -0.2) is 4.79 Å². The van der Waals surface area contributed by atoms with Crippen LogP contribution in [-0.2, 0) is 14.3 Å². The van der Waals surface area contributed by atoms with Crippen LogP contribution in [0.1, 0.15) is 12.8 Å². The van der Waals surface area contributed by atoms with Crippen LogP contribution in [0.25, 0.3) is 0 Å². The van der Waals surface area contributed by atoms with Crippen LogP contribution < -0.4 is 10.1 Å². The lowest BCUT2D eigenvalue weighted by atomic mass is 10.3. The molecule has 0 radical (unpaired) electrons. The Labute approximate surface area is 115 Å². The fourth-order valence-electron chi connectivity index (χ4n) is 1.38. The van der Waals surface area contributed by atoms with E-state index in [-0.39, 0.29) is 25.2 Å². The first kappa shape index (κ1) is 13.7. The predicted molar refractivity (Wildman–Crippen MR) is 69.1 cm³/mol. The number of hydrogen-bond acceptors (Lipinski definition) is 4. The van der Waals surface area contributed by atoms with Crippen molar-refractivity contribution in [3.63, 3.8) is 0 Å². The summed E-state index contributed by atoms with van der Waals surface area (Å²) in [4.78, 5) is 22.6. The van der Waals surface area contributed by atoms with E-state index in [0.29, 0.717) is 10.8 Å². The van der Waals surface area contributed by atoms with Crippen molar-refractivity contribution in [3.05, 3.63) is 29.3 Å². The second-order valence-corrected chi connectivity index (χ2v) is 4.68. The molecule has 2 rings (SSSR count). The summed E-state index contributed by atoms with van der Waals surface area (Å²) in [6, 6.07) is 6.95. The Morgan fingerprint density at radius 1 is 1.32 bits per heavy atom. The molecule has 19 heavy (non-hydrogen) atoms. The molecule has 102 valence electrons. The van der Waals surface area contributed by atoms with Crippen molar-refractivity contribution < 1.29 is 19.1 Å². The van der Waals surface area contributed by atoms with Crippen LogP contribution in [-0.4, -0.2) is 31.1 Å². The molecule has 0 spiro atoms. The largest absolute Gasteiger partial charge is 0.482 e. The van der Waals surface area contributed by atoms with Crippen molar-refractivity contribution in [1.29, 1.82) is 0 Å². The molecule has 0 saturated heterocycles. The van der Waals surface area contributed by atoms with Gasteiger partial charge in [-0.05, 0) is 31.0 Å². The lowest BCUT2D eigenvalue weighted by Gasteiger charge is -2.07. The Hall–Kier alpha value is -1.75. The summed E-state index contributed by atoms with van der Waals surface area (Å²) in [5, 5.41) is 3.24. The molecule has 0 bridgehead atoms. The summed E-state index contributed by atoms with van der Waals surface area (Å²) < 4.78 is 9.96. The summed E-state index contributed by atoms with van der Waals surface area (Å²) in [6.45, 7) is -0.523. The number of esters is 1. The molecule has 1 amide bonds. The van der Waals surface area contributed by atoms with Crippen molar-refractivity contribution in [3.8, 4) is 5.75 Å². The number of benzene rings is 1. The highest BCUT2D eigenvalue weighted by Gasteiger charge is 2.23. The molecule has 1 aromatic rings. The van der Waals surface area contributed by atoms with Gasteiger partial charge in [0, 0.05) is 11.1 Å². The zero-order valence-corrected chi connectivity index (χ0v) is 11.0. The molecule has 5 nitrogen and oxygen atoms in total. The molecule has 1 aliphatic rings.